The van der Waals surface area contributed by atoms with Crippen LogP contribution < -0.4 is 0 Å². The van der Waals surface area contributed by atoms with Crippen molar-refractivity contribution >= 4 is 10.4 Å². The van der Waals surface area contributed by atoms with Gasteiger partial charge in [0.1, 0.15) is 35.1 Å². The zero-order valence-corrected chi connectivity index (χ0v) is 24.3. The number of rotatable bonds is 7. The molecule has 0 radical (unpaired) electrons. The lowest BCUT2D eigenvalue weighted by Gasteiger charge is -2.72. The molecule has 4 saturated carbocycles. The van der Waals surface area contributed by atoms with Gasteiger partial charge in [-0.05, 0) is 63.7 Å². The van der Waals surface area contributed by atoms with Crippen molar-refractivity contribution in [3.05, 3.63) is 11.6 Å². The van der Waals surface area contributed by atoms with Crippen LogP contribution in [-0.2, 0) is 14.6 Å². The van der Waals surface area contributed by atoms with Crippen molar-refractivity contribution in [3.8, 4) is 0 Å². The molecule has 4 rings (SSSR count). The van der Waals surface area contributed by atoms with Crippen molar-refractivity contribution in [1.82, 2.24) is 0 Å². The molecule has 9 N–H and O–H groups in total. The van der Waals surface area contributed by atoms with Gasteiger partial charge in [-0.1, -0.05) is 32.4 Å². The van der Waals surface area contributed by atoms with Gasteiger partial charge in [-0.2, -0.15) is 8.42 Å². The van der Waals surface area contributed by atoms with Gasteiger partial charge < -0.3 is 40.9 Å². The van der Waals surface area contributed by atoms with Gasteiger partial charge in [0, 0.05) is 16.7 Å². The number of hydrogen-bond donors (Lipinski definition) is 9. The summed E-state index contributed by atoms with van der Waals surface area (Å²) in [5.74, 6) is -1.57. The first-order valence-corrected chi connectivity index (χ1v) is 15.5. The third-order valence-corrected chi connectivity index (χ3v) is 12.1. The Labute approximate surface area is 235 Å². The second-order valence-corrected chi connectivity index (χ2v) is 14.5. The van der Waals surface area contributed by atoms with Crippen LogP contribution in [0.4, 0.5) is 0 Å². The van der Waals surface area contributed by atoms with Gasteiger partial charge in [0.05, 0.1) is 18.8 Å². The molecule has 13 heteroatoms. The fraction of sp³-hybridized carbons (Fsp3) is 0.926. The van der Waals surface area contributed by atoms with Crippen molar-refractivity contribution in [2.45, 2.75) is 120 Å². The molecule has 0 aromatic heterocycles. The summed E-state index contributed by atoms with van der Waals surface area (Å²) < 4.78 is 38.2. The summed E-state index contributed by atoms with van der Waals surface area (Å²) in [6, 6.07) is 0. The maximum absolute atomic E-state index is 12.5. The standard InChI is InChI=1S/C27H46O12S/c1-14(13-28)6-5-7-15(2)16-12-19(30)27(35)23(16,3)11-9-18-24(4)10-8-17(29)20(31)26(24,34)22(39-40(36,37)38)21(32)25(18,27)33/h6,15-22,28-35H,5,7-13H2,1-4H3,(H,36,37,38)/b14-6+/t15-,16-,17+,18-,19+,20+,21+,22+,23-,24-,25-,26+,27+/m1/s1. The first kappa shape index (κ1) is 32.2. The molecule has 4 aliphatic carbocycles. The Bertz CT molecular complexity index is 1110. The molecule has 40 heavy (non-hydrogen) atoms. The quantitative estimate of drug-likeness (QED) is 0.133. The molecular formula is C27H46O12S. The van der Waals surface area contributed by atoms with Crippen molar-refractivity contribution < 1.29 is 58.0 Å². The normalized spacial score (nSPS) is 52.0. The average Bonchev–Trinajstić information content (AvgIpc) is 3.09. The molecule has 0 unspecified atom stereocenters. The number of fused-ring (bicyclic) bond motifs is 5. The molecule has 0 aromatic rings. The molecule has 0 bridgehead atoms. The highest BCUT2D eigenvalue weighted by atomic mass is 32.3. The van der Waals surface area contributed by atoms with Crippen LogP contribution in [0.1, 0.15) is 72.6 Å². The van der Waals surface area contributed by atoms with Gasteiger partial charge in [0.15, 0.2) is 0 Å². The van der Waals surface area contributed by atoms with E-state index in [1.165, 1.54) is 6.92 Å². The Balaban J connectivity index is 1.83. The topological polar surface area (TPSA) is 225 Å². The zero-order chi connectivity index (χ0) is 30.3. The smallest absolute Gasteiger partial charge is 0.392 e. The van der Waals surface area contributed by atoms with E-state index in [4.69, 9.17) is 4.18 Å². The van der Waals surface area contributed by atoms with Crippen LogP contribution >= 0.6 is 0 Å². The molecule has 0 spiro atoms. The lowest BCUT2D eigenvalue weighted by atomic mass is 9.38. The van der Waals surface area contributed by atoms with Crippen molar-refractivity contribution in [3.63, 3.8) is 0 Å². The maximum atomic E-state index is 12.5. The van der Waals surface area contributed by atoms with E-state index in [1.54, 1.807) is 13.8 Å². The van der Waals surface area contributed by atoms with Crippen LogP contribution in [0.3, 0.4) is 0 Å². The third kappa shape index (κ3) is 4.11. The zero-order valence-electron chi connectivity index (χ0n) is 23.5. The SMILES string of the molecule is C/C(=C\CC[C@@H](C)[C@H]1C[C@H](O)[C@@]2(O)[C@]3(O)[C@@H](O)[C@H](OS(=O)(=O)O)[C@@]4(O)[C@@H](O)[C@@H](O)CC[C@]4(C)[C@H]3CC[C@]12C)CO. The number of aliphatic hydroxyl groups excluding tert-OH is 5. The Morgan fingerprint density at radius 1 is 1.00 bits per heavy atom. The summed E-state index contributed by atoms with van der Waals surface area (Å²) in [6.07, 6.45) is -6.29. The number of allylic oxidation sites excluding steroid dienone is 1. The molecular weight excluding hydrogens is 548 g/mol. The van der Waals surface area contributed by atoms with Gasteiger partial charge in [-0.25, -0.2) is 4.18 Å². The molecule has 232 valence electrons. The molecule has 0 amide bonds. The van der Waals surface area contributed by atoms with E-state index in [0.717, 1.165) is 5.57 Å². The monoisotopic (exact) mass is 594 g/mol. The van der Waals surface area contributed by atoms with Gasteiger partial charge in [-0.3, -0.25) is 4.55 Å². The van der Waals surface area contributed by atoms with Crippen LogP contribution in [0.25, 0.3) is 0 Å². The summed E-state index contributed by atoms with van der Waals surface area (Å²) in [6.45, 7) is 6.89. The second kappa shape index (κ2) is 10.2. The Morgan fingerprint density at radius 2 is 1.60 bits per heavy atom. The van der Waals surface area contributed by atoms with Gasteiger partial charge in [0.25, 0.3) is 0 Å². The summed E-state index contributed by atoms with van der Waals surface area (Å²) in [5, 5.41) is 90.8. The van der Waals surface area contributed by atoms with E-state index in [0.29, 0.717) is 12.8 Å². The lowest BCUT2D eigenvalue weighted by molar-refractivity contribution is -0.397. The van der Waals surface area contributed by atoms with E-state index in [-0.39, 0.29) is 50.5 Å². The van der Waals surface area contributed by atoms with Gasteiger partial charge in [-0.15, -0.1) is 0 Å². The van der Waals surface area contributed by atoms with Gasteiger partial charge in [0.2, 0.25) is 0 Å². The summed E-state index contributed by atoms with van der Waals surface area (Å²) in [7, 11) is -5.38. The van der Waals surface area contributed by atoms with Crippen LogP contribution in [0.5, 0.6) is 0 Å². The van der Waals surface area contributed by atoms with E-state index >= 15 is 0 Å². The predicted octanol–water partition coefficient (Wildman–Crippen LogP) is -0.584. The Kier molecular flexibility index (Phi) is 8.20. The highest BCUT2D eigenvalue weighted by molar-refractivity contribution is 7.80. The van der Waals surface area contributed by atoms with Crippen molar-refractivity contribution in [1.29, 1.82) is 0 Å². The molecule has 0 aliphatic heterocycles. The fourth-order valence-electron chi connectivity index (χ4n) is 9.43. The lowest BCUT2D eigenvalue weighted by Crippen LogP contribution is -2.88. The highest BCUT2D eigenvalue weighted by Gasteiger charge is 2.84. The van der Waals surface area contributed by atoms with Crippen molar-refractivity contribution in [2.24, 2.45) is 28.6 Å². The van der Waals surface area contributed by atoms with Crippen LogP contribution in [-0.4, -0.2) is 108 Å². The molecule has 4 fully saturated rings. The highest BCUT2D eigenvalue weighted by Crippen LogP contribution is 2.72. The second-order valence-electron chi connectivity index (χ2n) is 13.4. The first-order chi connectivity index (χ1) is 18.3. The van der Waals surface area contributed by atoms with E-state index < -0.39 is 74.5 Å². The predicted molar refractivity (Wildman–Crippen MR) is 141 cm³/mol. The van der Waals surface area contributed by atoms with Gasteiger partial charge >= 0.3 is 10.4 Å². The Morgan fingerprint density at radius 3 is 2.17 bits per heavy atom. The molecule has 0 heterocycles. The van der Waals surface area contributed by atoms with Crippen LogP contribution in [0, 0.1) is 28.6 Å². The Hall–Kier alpha value is -0.710. The fourth-order valence-corrected chi connectivity index (χ4v) is 9.95. The van der Waals surface area contributed by atoms with Crippen molar-refractivity contribution in [2.75, 3.05) is 6.61 Å². The minimum Gasteiger partial charge on any atom is -0.392 e. The first-order valence-electron chi connectivity index (χ1n) is 14.1. The molecule has 0 saturated heterocycles. The number of hydrogen-bond acceptors (Lipinski definition) is 11. The number of aliphatic hydroxyl groups is 8. The van der Waals surface area contributed by atoms with E-state index in [1.807, 2.05) is 13.0 Å². The van der Waals surface area contributed by atoms with E-state index in [9.17, 15) is 53.8 Å². The van der Waals surface area contributed by atoms with E-state index in [2.05, 4.69) is 0 Å². The minimum atomic E-state index is -5.38. The van der Waals surface area contributed by atoms with Crippen LogP contribution in [0.2, 0.25) is 0 Å². The summed E-state index contributed by atoms with van der Waals surface area (Å²) >= 11 is 0. The largest absolute Gasteiger partial charge is 0.397 e. The summed E-state index contributed by atoms with van der Waals surface area (Å²) in [5.41, 5.74) is -9.68. The third-order valence-electron chi connectivity index (χ3n) is 11.6. The minimum absolute atomic E-state index is 0.0417. The van der Waals surface area contributed by atoms with Crippen LogP contribution in [0.15, 0.2) is 11.6 Å². The molecule has 13 atom stereocenters. The summed E-state index contributed by atoms with van der Waals surface area (Å²) in [4.78, 5) is 0. The molecule has 12 nitrogen and oxygen atoms in total. The molecule has 4 aliphatic rings. The average molecular weight is 595 g/mol. The molecule has 0 aromatic carbocycles. The maximum Gasteiger partial charge on any atom is 0.397 e.